The van der Waals surface area contributed by atoms with Crippen molar-refractivity contribution in [1.29, 1.82) is 0 Å². The topological polar surface area (TPSA) is 49.5 Å². The number of benzene rings is 1. The molecule has 3 aromatic heterocycles. The molecule has 4 heterocycles. The third-order valence-corrected chi connectivity index (χ3v) is 5.36. The van der Waals surface area contributed by atoms with Crippen molar-refractivity contribution in [3.8, 4) is 0 Å². The lowest BCUT2D eigenvalue weighted by Gasteiger charge is -2.29. The monoisotopic (exact) mass is 378 g/mol. The van der Waals surface area contributed by atoms with Gasteiger partial charge in [-0.25, -0.2) is 9.37 Å². The number of aromatic nitrogens is 3. The Bertz CT molecular complexity index is 1170. The van der Waals surface area contributed by atoms with Crippen LogP contribution in [0.3, 0.4) is 0 Å². The Balaban J connectivity index is 1.51. The summed E-state index contributed by atoms with van der Waals surface area (Å²) in [5, 5.41) is 7.88. The molecule has 28 heavy (non-hydrogen) atoms. The van der Waals surface area contributed by atoms with Gasteiger partial charge >= 0.3 is 0 Å². The van der Waals surface area contributed by atoms with Crippen LogP contribution in [0.2, 0.25) is 0 Å². The van der Waals surface area contributed by atoms with E-state index in [0.29, 0.717) is 11.3 Å². The summed E-state index contributed by atoms with van der Waals surface area (Å²) in [5.74, 6) is -0.334. The molecule has 1 fully saturated rings. The van der Waals surface area contributed by atoms with Crippen LogP contribution < -0.4 is 15.5 Å². The maximum Gasteiger partial charge on any atom is 0.173 e. The van der Waals surface area contributed by atoms with Crippen LogP contribution in [-0.2, 0) is 7.05 Å². The molecule has 0 amide bonds. The van der Waals surface area contributed by atoms with E-state index in [2.05, 4.69) is 43.3 Å². The van der Waals surface area contributed by atoms with E-state index in [0.717, 1.165) is 48.5 Å². The minimum absolute atomic E-state index is 0.334. The van der Waals surface area contributed by atoms with E-state index in [1.54, 1.807) is 4.40 Å². The molecule has 1 aliphatic rings. The SMILES string of the molecule is Cc1cn2cc(Nc3cn(C)c4cc(N5CCNCC5)ccc34)cc(F)c2n1. The number of pyridine rings is 1. The van der Waals surface area contributed by atoms with Gasteiger partial charge in [0.15, 0.2) is 11.5 Å². The number of fused-ring (bicyclic) bond motifs is 2. The highest BCUT2D eigenvalue weighted by atomic mass is 19.1. The number of halogens is 1. The third kappa shape index (κ3) is 2.88. The fraction of sp³-hybridized carbons (Fsp3) is 0.286. The van der Waals surface area contributed by atoms with E-state index in [1.807, 2.05) is 32.6 Å². The van der Waals surface area contributed by atoms with Crippen molar-refractivity contribution in [3.63, 3.8) is 0 Å². The van der Waals surface area contributed by atoms with Gasteiger partial charge in [0.25, 0.3) is 0 Å². The average Bonchev–Trinajstić information content (AvgIpc) is 3.22. The van der Waals surface area contributed by atoms with Crippen molar-refractivity contribution in [2.75, 3.05) is 36.4 Å². The second-order valence-electron chi connectivity index (χ2n) is 7.41. The Morgan fingerprint density at radius 3 is 2.75 bits per heavy atom. The molecule has 0 unspecified atom stereocenters. The fourth-order valence-electron chi connectivity index (χ4n) is 3.99. The van der Waals surface area contributed by atoms with Gasteiger partial charge in [-0.3, -0.25) is 0 Å². The zero-order chi connectivity index (χ0) is 19.3. The first-order valence-electron chi connectivity index (χ1n) is 9.55. The van der Waals surface area contributed by atoms with E-state index in [4.69, 9.17) is 0 Å². The highest BCUT2D eigenvalue weighted by Gasteiger charge is 2.14. The van der Waals surface area contributed by atoms with Gasteiger partial charge in [0, 0.05) is 69.0 Å². The summed E-state index contributed by atoms with van der Waals surface area (Å²) in [4.78, 5) is 6.62. The third-order valence-electron chi connectivity index (χ3n) is 5.36. The first-order chi connectivity index (χ1) is 13.6. The van der Waals surface area contributed by atoms with Crippen molar-refractivity contribution in [2.24, 2.45) is 7.05 Å². The molecule has 5 rings (SSSR count). The largest absolute Gasteiger partial charge is 0.369 e. The van der Waals surface area contributed by atoms with Gasteiger partial charge in [-0.2, -0.15) is 0 Å². The molecule has 1 aromatic carbocycles. The summed E-state index contributed by atoms with van der Waals surface area (Å²) in [6, 6.07) is 8.04. The summed E-state index contributed by atoms with van der Waals surface area (Å²) in [6.45, 7) is 5.93. The summed E-state index contributed by atoms with van der Waals surface area (Å²) >= 11 is 0. The average molecular weight is 378 g/mol. The number of nitrogens with zero attached hydrogens (tertiary/aromatic N) is 4. The number of aryl methyl sites for hydroxylation is 2. The first kappa shape index (κ1) is 17.1. The maximum absolute atomic E-state index is 14.4. The maximum atomic E-state index is 14.4. The Labute approximate surface area is 162 Å². The number of hydrogen-bond donors (Lipinski definition) is 2. The van der Waals surface area contributed by atoms with E-state index < -0.39 is 0 Å². The van der Waals surface area contributed by atoms with Crippen LogP contribution in [0.1, 0.15) is 5.69 Å². The number of nitrogens with one attached hydrogen (secondary N) is 2. The molecule has 6 nitrogen and oxygen atoms in total. The molecule has 2 N–H and O–H groups in total. The molecule has 144 valence electrons. The van der Waals surface area contributed by atoms with E-state index in [9.17, 15) is 4.39 Å². The molecule has 7 heteroatoms. The number of hydrogen-bond acceptors (Lipinski definition) is 4. The molecule has 0 atom stereocenters. The molecule has 0 saturated carbocycles. The predicted molar refractivity (Wildman–Crippen MR) is 111 cm³/mol. The molecular formula is C21H23FN6. The van der Waals surface area contributed by atoms with Crippen LogP contribution in [0.4, 0.5) is 21.5 Å². The minimum Gasteiger partial charge on any atom is -0.369 e. The van der Waals surface area contributed by atoms with Crippen LogP contribution in [0.5, 0.6) is 0 Å². The Morgan fingerprint density at radius 1 is 1.11 bits per heavy atom. The Hall–Kier alpha value is -3.06. The van der Waals surface area contributed by atoms with Crippen LogP contribution >= 0.6 is 0 Å². The van der Waals surface area contributed by atoms with Crippen molar-refractivity contribution >= 4 is 33.6 Å². The molecule has 0 bridgehead atoms. The normalized spacial score (nSPS) is 14.9. The van der Waals surface area contributed by atoms with Gasteiger partial charge in [0.1, 0.15) is 0 Å². The van der Waals surface area contributed by atoms with Crippen LogP contribution in [0.15, 0.2) is 42.9 Å². The quantitative estimate of drug-likeness (QED) is 0.574. The van der Waals surface area contributed by atoms with Gasteiger partial charge in [-0.1, -0.05) is 0 Å². The molecular weight excluding hydrogens is 355 g/mol. The van der Waals surface area contributed by atoms with Crippen LogP contribution in [-0.4, -0.2) is 40.1 Å². The molecule has 0 spiro atoms. The molecule has 1 aliphatic heterocycles. The highest BCUT2D eigenvalue weighted by molar-refractivity contribution is 5.96. The van der Waals surface area contributed by atoms with Crippen molar-refractivity contribution in [1.82, 2.24) is 19.3 Å². The Kier molecular flexibility index (Phi) is 3.98. The fourth-order valence-corrected chi connectivity index (χ4v) is 3.99. The summed E-state index contributed by atoms with van der Waals surface area (Å²) < 4.78 is 18.2. The Morgan fingerprint density at radius 2 is 1.93 bits per heavy atom. The molecule has 4 aromatic rings. The van der Waals surface area contributed by atoms with E-state index >= 15 is 0 Å². The van der Waals surface area contributed by atoms with Crippen molar-refractivity contribution in [3.05, 3.63) is 54.4 Å². The summed E-state index contributed by atoms with van der Waals surface area (Å²) in [7, 11) is 2.04. The van der Waals surface area contributed by atoms with Gasteiger partial charge in [0.05, 0.1) is 22.6 Å². The minimum atomic E-state index is -0.334. The lowest BCUT2D eigenvalue weighted by molar-refractivity contribution is 0.589. The number of rotatable bonds is 3. The van der Waals surface area contributed by atoms with Gasteiger partial charge in [-0.15, -0.1) is 0 Å². The number of anilines is 3. The van der Waals surface area contributed by atoms with Gasteiger partial charge < -0.3 is 24.5 Å². The van der Waals surface area contributed by atoms with Crippen LogP contribution in [0.25, 0.3) is 16.6 Å². The van der Waals surface area contributed by atoms with Crippen molar-refractivity contribution < 1.29 is 4.39 Å². The second kappa shape index (κ2) is 6.53. The lowest BCUT2D eigenvalue weighted by Crippen LogP contribution is -2.43. The van der Waals surface area contributed by atoms with Crippen molar-refractivity contribution in [2.45, 2.75) is 6.92 Å². The predicted octanol–water partition coefficient (Wildman–Crippen LogP) is 3.43. The van der Waals surface area contributed by atoms with Gasteiger partial charge in [-0.05, 0) is 25.1 Å². The van der Waals surface area contributed by atoms with Gasteiger partial charge in [0.2, 0.25) is 0 Å². The molecule has 0 radical (unpaired) electrons. The lowest BCUT2D eigenvalue weighted by atomic mass is 10.2. The number of piperazine rings is 1. The number of imidazole rings is 1. The zero-order valence-corrected chi connectivity index (χ0v) is 16.0. The molecule has 1 saturated heterocycles. The van der Waals surface area contributed by atoms with E-state index in [1.165, 1.54) is 11.8 Å². The summed E-state index contributed by atoms with van der Waals surface area (Å²) in [5.41, 5.74) is 5.19. The van der Waals surface area contributed by atoms with E-state index in [-0.39, 0.29) is 5.82 Å². The second-order valence-corrected chi connectivity index (χ2v) is 7.41. The highest BCUT2D eigenvalue weighted by Crippen LogP contribution is 2.31. The molecule has 0 aliphatic carbocycles. The van der Waals surface area contributed by atoms with Crippen LogP contribution in [0, 0.1) is 12.7 Å². The smallest absolute Gasteiger partial charge is 0.173 e. The zero-order valence-electron chi connectivity index (χ0n) is 16.0. The standard InChI is InChI=1S/C21H23FN6/c1-14-11-28-12-15(9-18(22)21(28)24-14)25-19-13-26(2)20-10-16(3-4-17(19)20)27-7-5-23-6-8-27/h3-4,9-13,23,25H,5-8H2,1-2H3. The summed E-state index contributed by atoms with van der Waals surface area (Å²) in [6.07, 6.45) is 5.74. The first-order valence-corrected chi connectivity index (χ1v) is 9.55.